The van der Waals surface area contributed by atoms with Crippen molar-refractivity contribution in [2.75, 3.05) is 0 Å². The minimum atomic E-state index is -1.94. The number of alkyl halides is 2. The van der Waals surface area contributed by atoms with Crippen LogP contribution in [0.25, 0.3) is 0 Å². The van der Waals surface area contributed by atoms with E-state index in [1.54, 1.807) is 0 Å². The lowest BCUT2D eigenvalue weighted by atomic mass is 10.0. The Morgan fingerprint density at radius 2 is 1.30 bits per heavy atom. The Kier molecular flexibility index (Phi) is 12.8. The largest absolute Gasteiger partial charge is 0.412 e. The smallest absolute Gasteiger partial charge is 0.220 e. The van der Waals surface area contributed by atoms with Crippen LogP contribution in [0.4, 0.5) is 0 Å². The third kappa shape index (κ3) is 10.5. The van der Waals surface area contributed by atoms with Gasteiger partial charge in [-0.2, -0.15) is 0 Å². The third-order valence-electron chi connectivity index (χ3n) is 3.76. The highest BCUT2D eigenvalue weighted by molar-refractivity contribution is 6.88. The lowest BCUT2D eigenvalue weighted by molar-refractivity contribution is 0.165. The van der Waals surface area contributed by atoms with Crippen molar-refractivity contribution in [1.29, 1.82) is 0 Å². The molecule has 0 saturated heterocycles. The van der Waals surface area contributed by atoms with Crippen LogP contribution in [0.15, 0.2) is 0 Å². The zero-order chi connectivity index (χ0) is 15.4. The quantitative estimate of drug-likeness (QED) is 0.202. The maximum absolute atomic E-state index is 6.30. The molecule has 0 saturated carbocycles. The molecule has 4 heteroatoms. The molecule has 0 aromatic carbocycles. The summed E-state index contributed by atoms with van der Waals surface area (Å²) in [5.74, 6) is 0. The second-order valence-electron chi connectivity index (χ2n) is 6.34. The van der Waals surface area contributed by atoms with Crippen LogP contribution in [0.5, 0.6) is 0 Å². The molecule has 0 N–H and O–H groups in total. The van der Waals surface area contributed by atoms with Gasteiger partial charge in [-0.25, -0.2) is 0 Å². The van der Waals surface area contributed by atoms with Crippen LogP contribution in [0, 0.1) is 0 Å². The highest BCUT2D eigenvalue weighted by atomic mass is 35.5. The summed E-state index contributed by atoms with van der Waals surface area (Å²) in [5, 5.41) is 0. The molecule has 0 aromatic heterocycles. The Labute approximate surface area is 137 Å². The first-order chi connectivity index (χ1) is 9.44. The molecule has 20 heavy (non-hydrogen) atoms. The molecule has 0 heterocycles. The minimum absolute atomic E-state index is 0.337. The summed E-state index contributed by atoms with van der Waals surface area (Å²) < 4.78 is 5.97. The Hall–Kier alpha value is 0.757. The lowest BCUT2D eigenvalue weighted by Gasteiger charge is -2.30. The van der Waals surface area contributed by atoms with Crippen molar-refractivity contribution in [3.8, 4) is 0 Å². The highest BCUT2D eigenvalue weighted by Crippen LogP contribution is 2.25. The Balaban J connectivity index is 4.02. The fourth-order valence-corrected chi connectivity index (χ4v) is 3.83. The highest BCUT2D eigenvalue weighted by Gasteiger charge is 2.33. The van der Waals surface area contributed by atoms with Gasteiger partial charge < -0.3 is 4.43 Å². The molecule has 0 rings (SSSR count). The monoisotopic (exact) mass is 340 g/mol. The van der Waals surface area contributed by atoms with Gasteiger partial charge in [0.2, 0.25) is 8.32 Å². The zero-order valence-electron chi connectivity index (χ0n) is 13.9. The summed E-state index contributed by atoms with van der Waals surface area (Å²) in [6.45, 7) is 8.74. The normalized spacial score (nSPS) is 13.9. The van der Waals surface area contributed by atoms with E-state index >= 15 is 0 Å². The van der Waals surface area contributed by atoms with Crippen molar-refractivity contribution in [2.45, 2.75) is 102 Å². The van der Waals surface area contributed by atoms with E-state index in [4.69, 9.17) is 27.6 Å². The van der Waals surface area contributed by atoms with Gasteiger partial charge >= 0.3 is 0 Å². The summed E-state index contributed by atoms with van der Waals surface area (Å²) in [7, 11) is -1.94. The SMILES string of the molecule is CCCCCCCCC(CCCC)O[Si](C)(C)C(Cl)Cl. The topological polar surface area (TPSA) is 9.23 Å². The summed E-state index contributed by atoms with van der Waals surface area (Å²) in [6, 6.07) is 0. The maximum Gasteiger partial charge on any atom is 0.220 e. The van der Waals surface area contributed by atoms with E-state index < -0.39 is 8.32 Å². The van der Waals surface area contributed by atoms with Crippen LogP contribution in [0.3, 0.4) is 0 Å². The Morgan fingerprint density at radius 1 is 0.800 bits per heavy atom. The molecule has 0 fully saturated rings. The van der Waals surface area contributed by atoms with Crippen molar-refractivity contribution < 1.29 is 4.43 Å². The molecule has 1 nitrogen and oxygen atoms in total. The average molecular weight is 341 g/mol. The van der Waals surface area contributed by atoms with Crippen LogP contribution < -0.4 is 0 Å². The molecule has 122 valence electrons. The van der Waals surface area contributed by atoms with E-state index in [9.17, 15) is 0 Å². The van der Waals surface area contributed by atoms with Gasteiger partial charge in [-0.15, -0.1) is 23.2 Å². The number of halogens is 2. The van der Waals surface area contributed by atoms with Gasteiger partial charge in [0.25, 0.3) is 0 Å². The molecule has 0 spiro atoms. The van der Waals surface area contributed by atoms with E-state index in [-0.39, 0.29) is 4.46 Å². The molecular formula is C16H34Cl2OSi. The van der Waals surface area contributed by atoms with Gasteiger partial charge in [0.1, 0.15) is 4.46 Å². The van der Waals surface area contributed by atoms with Gasteiger partial charge in [-0.05, 0) is 25.9 Å². The summed E-state index contributed by atoms with van der Waals surface area (Å²) in [4.78, 5) is 0. The van der Waals surface area contributed by atoms with E-state index in [1.165, 1.54) is 57.8 Å². The zero-order valence-corrected chi connectivity index (χ0v) is 16.4. The molecule has 0 aromatic rings. The van der Waals surface area contributed by atoms with E-state index in [0.29, 0.717) is 6.10 Å². The number of unbranched alkanes of at least 4 members (excludes halogenated alkanes) is 6. The Bertz CT molecular complexity index is 223. The number of hydrogen-bond donors (Lipinski definition) is 0. The summed E-state index contributed by atoms with van der Waals surface area (Å²) >= 11 is 12.1. The molecule has 0 aliphatic heterocycles. The summed E-state index contributed by atoms with van der Waals surface area (Å²) in [6.07, 6.45) is 13.2. The second kappa shape index (κ2) is 12.3. The van der Waals surface area contributed by atoms with E-state index in [1.807, 2.05) is 0 Å². The fourth-order valence-electron chi connectivity index (χ4n) is 2.33. The van der Waals surface area contributed by atoms with Crippen molar-refractivity contribution in [3.63, 3.8) is 0 Å². The minimum Gasteiger partial charge on any atom is -0.412 e. The van der Waals surface area contributed by atoms with Crippen LogP contribution >= 0.6 is 23.2 Å². The van der Waals surface area contributed by atoms with Gasteiger partial charge in [-0.1, -0.05) is 65.2 Å². The molecule has 1 unspecified atom stereocenters. The molecule has 0 radical (unpaired) electrons. The Morgan fingerprint density at radius 3 is 1.85 bits per heavy atom. The van der Waals surface area contributed by atoms with Gasteiger partial charge in [0.05, 0.1) is 0 Å². The predicted molar refractivity (Wildman–Crippen MR) is 95.4 cm³/mol. The maximum atomic E-state index is 6.30. The van der Waals surface area contributed by atoms with Crippen LogP contribution in [0.1, 0.15) is 78.1 Å². The molecule has 0 aliphatic rings. The molecule has 0 aliphatic carbocycles. The number of rotatable bonds is 13. The first-order valence-corrected chi connectivity index (χ1v) is 12.3. The van der Waals surface area contributed by atoms with E-state index in [0.717, 1.165) is 6.42 Å². The van der Waals surface area contributed by atoms with Crippen molar-refractivity contribution >= 4 is 31.5 Å². The van der Waals surface area contributed by atoms with Crippen molar-refractivity contribution in [2.24, 2.45) is 0 Å². The van der Waals surface area contributed by atoms with Gasteiger partial charge in [-0.3, -0.25) is 0 Å². The van der Waals surface area contributed by atoms with Crippen LogP contribution in [-0.4, -0.2) is 18.9 Å². The predicted octanol–water partition coefficient (Wildman–Crippen LogP) is 6.86. The molecular weight excluding hydrogens is 307 g/mol. The van der Waals surface area contributed by atoms with E-state index in [2.05, 4.69) is 26.9 Å². The molecule has 1 atom stereocenters. The molecule has 0 amide bonds. The van der Waals surface area contributed by atoms with Gasteiger partial charge in [0, 0.05) is 6.10 Å². The van der Waals surface area contributed by atoms with Crippen LogP contribution in [-0.2, 0) is 4.43 Å². The first kappa shape index (κ1) is 20.8. The summed E-state index contributed by atoms with van der Waals surface area (Å²) in [5.41, 5.74) is 0. The number of hydrogen-bond acceptors (Lipinski definition) is 1. The van der Waals surface area contributed by atoms with Gasteiger partial charge in [0.15, 0.2) is 0 Å². The third-order valence-corrected chi connectivity index (χ3v) is 8.90. The van der Waals surface area contributed by atoms with Crippen molar-refractivity contribution in [3.05, 3.63) is 0 Å². The molecule has 0 bridgehead atoms. The first-order valence-electron chi connectivity index (χ1n) is 8.40. The van der Waals surface area contributed by atoms with Crippen molar-refractivity contribution in [1.82, 2.24) is 0 Å². The average Bonchev–Trinajstić information content (AvgIpc) is 2.39. The lowest BCUT2D eigenvalue weighted by Crippen LogP contribution is -2.42. The standard InChI is InChI=1S/C16H34Cl2OSi/c1-5-7-9-10-11-12-14-15(13-8-6-2)19-20(3,4)16(17)18/h15-16H,5-14H2,1-4H3. The fraction of sp³-hybridized carbons (Fsp3) is 1.00. The second-order valence-corrected chi connectivity index (χ2v) is 12.2. The van der Waals surface area contributed by atoms with Crippen LogP contribution in [0.2, 0.25) is 13.1 Å².